The number of halogens is 2. The Morgan fingerprint density at radius 2 is 1.86 bits per heavy atom. The fraction of sp³-hybridized carbons (Fsp3) is 0.400. The van der Waals surface area contributed by atoms with Gasteiger partial charge in [0.05, 0.1) is 11.6 Å². The van der Waals surface area contributed by atoms with Gasteiger partial charge in [0, 0.05) is 10.0 Å². The third-order valence-electron chi connectivity index (χ3n) is 3.22. The van der Waals surface area contributed by atoms with Gasteiger partial charge in [0.2, 0.25) is 0 Å². The Kier molecular flexibility index (Phi) is 6.21. The summed E-state index contributed by atoms with van der Waals surface area (Å²) in [7, 11) is 0. The molecule has 118 valence electrons. The number of carbonyl (C=O) groups excluding carboxylic acids is 2. The molecule has 0 unspecified atom stereocenters. The summed E-state index contributed by atoms with van der Waals surface area (Å²) in [6.45, 7) is 4.73. The van der Waals surface area contributed by atoms with E-state index in [1.165, 1.54) is 18.2 Å². The Hall–Kier alpha value is -1.77. The minimum absolute atomic E-state index is 0.0936. The van der Waals surface area contributed by atoms with Gasteiger partial charge in [-0.2, -0.15) is 5.26 Å². The molecule has 0 aliphatic rings. The van der Waals surface area contributed by atoms with Crippen molar-refractivity contribution < 1.29 is 14.3 Å². The molecule has 1 aromatic carbocycles. The topological polar surface area (TPSA) is 79.2 Å². The van der Waals surface area contributed by atoms with Crippen LogP contribution < -0.4 is 5.32 Å². The van der Waals surface area contributed by atoms with Gasteiger partial charge in [-0.05, 0) is 31.0 Å². The van der Waals surface area contributed by atoms with Crippen molar-refractivity contribution in [3.05, 3.63) is 33.8 Å². The quantitative estimate of drug-likeness (QED) is 0.833. The molecule has 0 spiro atoms. The van der Waals surface area contributed by atoms with Crippen LogP contribution in [0.5, 0.6) is 0 Å². The van der Waals surface area contributed by atoms with Crippen LogP contribution in [-0.2, 0) is 9.53 Å². The predicted octanol–water partition coefficient (Wildman–Crippen LogP) is 3.20. The fourth-order valence-electron chi connectivity index (χ4n) is 1.51. The number of hydrogen-bond donors (Lipinski definition) is 1. The van der Waals surface area contributed by atoms with Gasteiger partial charge in [-0.25, -0.2) is 4.79 Å². The number of nitriles is 1. The molecule has 0 aromatic heterocycles. The first-order valence-corrected chi connectivity index (χ1v) is 7.29. The maximum atomic E-state index is 11.8. The van der Waals surface area contributed by atoms with E-state index in [2.05, 4.69) is 5.32 Å². The fourth-order valence-corrected chi connectivity index (χ4v) is 2.04. The number of carbonyl (C=O) groups is 2. The van der Waals surface area contributed by atoms with Gasteiger partial charge in [0.25, 0.3) is 5.91 Å². The molecule has 0 heterocycles. The SMILES string of the molecule is CC(C)[C@@](C)(C#N)NC(=O)COC(=O)c1cc(Cl)cc(Cl)c1. The monoisotopic (exact) mass is 342 g/mol. The van der Waals surface area contributed by atoms with Crippen molar-refractivity contribution in [1.82, 2.24) is 5.32 Å². The van der Waals surface area contributed by atoms with Gasteiger partial charge >= 0.3 is 5.97 Å². The highest BCUT2D eigenvalue weighted by Crippen LogP contribution is 2.19. The van der Waals surface area contributed by atoms with E-state index in [0.717, 1.165) is 0 Å². The highest BCUT2D eigenvalue weighted by atomic mass is 35.5. The molecule has 0 saturated carbocycles. The second-order valence-electron chi connectivity index (χ2n) is 5.25. The number of hydrogen-bond acceptors (Lipinski definition) is 4. The zero-order valence-corrected chi connectivity index (χ0v) is 14.0. The van der Waals surface area contributed by atoms with E-state index in [1.807, 2.05) is 19.9 Å². The van der Waals surface area contributed by atoms with Gasteiger partial charge in [0.1, 0.15) is 5.54 Å². The van der Waals surface area contributed by atoms with Crippen LogP contribution in [-0.4, -0.2) is 24.0 Å². The Morgan fingerprint density at radius 1 is 1.32 bits per heavy atom. The van der Waals surface area contributed by atoms with Crippen LogP contribution in [0.25, 0.3) is 0 Å². The van der Waals surface area contributed by atoms with Crippen molar-refractivity contribution in [2.75, 3.05) is 6.61 Å². The van der Waals surface area contributed by atoms with Gasteiger partial charge < -0.3 is 10.1 Å². The number of ether oxygens (including phenoxy) is 1. The first-order chi connectivity index (χ1) is 10.2. The summed E-state index contributed by atoms with van der Waals surface area (Å²) < 4.78 is 4.89. The lowest BCUT2D eigenvalue weighted by Gasteiger charge is -2.27. The molecule has 5 nitrogen and oxygen atoms in total. The van der Waals surface area contributed by atoms with E-state index in [9.17, 15) is 9.59 Å². The molecule has 1 amide bonds. The van der Waals surface area contributed by atoms with Crippen molar-refractivity contribution in [3.63, 3.8) is 0 Å². The van der Waals surface area contributed by atoms with E-state index in [1.54, 1.807) is 6.92 Å². The van der Waals surface area contributed by atoms with Gasteiger partial charge in [-0.15, -0.1) is 0 Å². The summed E-state index contributed by atoms with van der Waals surface area (Å²) in [5, 5.41) is 12.2. The lowest BCUT2D eigenvalue weighted by molar-refractivity contribution is -0.125. The summed E-state index contributed by atoms with van der Waals surface area (Å²) in [5.41, 5.74) is -0.875. The zero-order valence-electron chi connectivity index (χ0n) is 12.4. The maximum absolute atomic E-state index is 11.8. The van der Waals surface area contributed by atoms with Gasteiger partial charge in [-0.1, -0.05) is 37.0 Å². The van der Waals surface area contributed by atoms with E-state index < -0.39 is 24.0 Å². The molecule has 0 aliphatic carbocycles. The van der Waals surface area contributed by atoms with Gasteiger partial charge in [0.15, 0.2) is 6.61 Å². The summed E-state index contributed by atoms with van der Waals surface area (Å²) in [6.07, 6.45) is 0. The zero-order chi connectivity index (χ0) is 16.9. The van der Waals surface area contributed by atoms with Crippen LogP contribution >= 0.6 is 23.2 Å². The first kappa shape index (κ1) is 18.3. The first-order valence-electron chi connectivity index (χ1n) is 6.53. The molecule has 1 N–H and O–H groups in total. The molecule has 1 rings (SSSR count). The van der Waals surface area contributed by atoms with Crippen molar-refractivity contribution in [2.45, 2.75) is 26.3 Å². The van der Waals surface area contributed by atoms with Crippen LogP contribution in [0.4, 0.5) is 0 Å². The molecule has 1 aromatic rings. The Morgan fingerprint density at radius 3 is 2.32 bits per heavy atom. The number of esters is 1. The number of nitrogens with one attached hydrogen (secondary N) is 1. The molecule has 0 aliphatic heterocycles. The number of benzene rings is 1. The van der Waals surface area contributed by atoms with Crippen molar-refractivity contribution in [1.29, 1.82) is 5.26 Å². The highest BCUT2D eigenvalue weighted by molar-refractivity contribution is 6.35. The standard InChI is InChI=1S/C15H16Cl2N2O3/c1-9(2)15(3,8-18)19-13(20)7-22-14(21)10-4-11(16)6-12(17)5-10/h4-6,9H,7H2,1-3H3,(H,19,20)/t15-/m1/s1. The van der Waals surface area contributed by atoms with Crippen LogP contribution in [0, 0.1) is 17.2 Å². The minimum atomic E-state index is -1.02. The van der Waals surface area contributed by atoms with Crippen LogP contribution in [0.3, 0.4) is 0 Å². The second kappa shape index (κ2) is 7.48. The molecule has 0 bridgehead atoms. The van der Waals surface area contributed by atoms with Crippen molar-refractivity contribution in [2.24, 2.45) is 5.92 Å². The smallest absolute Gasteiger partial charge is 0.338 e. The lowest BCUT2D eigenvalue weighted by Crippen LogP contribution is -2.50. The molecular weight excluding hydrogens is 327 g/mol. The number of rotatable bonds is 5. The van der Waals surface area contributed by atoms with E-state index in [-0.39, 0.29) is 11.5 Å². The van der Waals surface area contributed by atoms with Crippen molar-refractivity contribution >= 4 is 35.1 Å². The summed E-state index contributed by atoms with van der Waals surface area (Å²) in [5.74, 6) is -1.37. The summed E-state index contributed by atoms with van der Waals surface area (Å²) in [4.78, 5) is 23.6. The Labute approximate surface area is 139 Å². The summed E-state index contributed by atoms with van der Waals surface area (Å²) in [6, 6.07) is 6.30. The van der Waals surface area contributed by atoms with Crippen LogP contribution in [0.15, 0.2) is 18.2 Å². The third kappa shape index (κ3) is 4.90. The average Bonchev–Trinajstić information content (AvgIpc) is 2.43. The van der Waals surface area contributed by atoms with Crippen molar-refractivity contribution in [3.8, 4) is 6.07 Å². The van der Waals surface area contributed by atoms with Crippen LogP contribution in [0.1, 0.15) is 31.1 Å². The molecular formula is C15H16Cl2N2O3. The Balaban J connectivity index is 2.64. The van der Waals surface area contributed by atoms with E-state index in [4.69, 9.17) is 33.2 Å². The largest absolute Gasteiger partial charge is 0.452 e. The summed E-state index contributed by atoms with van der Waals surface area (Å²) >= 11 is 11.6. The molecule has 0 fully saturated rings. The van der Waals surface area contributed by atoms with Gasteiger partial charge in [-0.3, -0.25) is 4.79 Å². The second-order valence-corrected chi connectivity index (χ2v) is 6.12. The number of amides is 1. The minimum Gasteiger partial charge on any atom is -0.452 e. The van der Waals surface area contributed by atoms with E-state index in [0.29, 0.717) is 10.0 Å². The normalized spacial score (nSPS) is 13.1. The lowest BCUT2D eigenvalue weighted by atomic mass is 9.90. The highest BCUT2D eigenvalue weighted by Gasteiger charge is 2.30. The maximum Gasteiger partial charge on any atom is 0.338 e. The molecule has 0 radical (unpaired) electrons. The molecule has 7 heteroatoms. The number of nitrogens with zero attached hydrogens (tertiary/aromatic N) is 1. The molecule has 22 heavy (non-hydrogen) atoms. The van der Waals surface area contributed by atoms with E-state index >= 15 is 0 Å². The molecule has 1 atom stereocenters. The predicted molar refractivity (Wildman–Crippen MR) is 83.7 cm³/mol. The average molecular weight is 343 g/mol. The Bertz CT molecular complexity index is 605. The molecule has 0 saturated heterocycles. The third-order valence-corrected chi connectivity index (χ3v) is 3.66. The van der Waals surface area contributed by atoms with Crippen LogP contribution in [0.2, 0.25) is 10.0 Å².